The van der Waals surface area contributed by atoms with Gasteiger partial charge in [-0.15, -0.1) is 0 Å². The van der Waals surface area contributed by atoms with Crippen molar-refractivity contribution in [3.05, 3.63) is 24.3 Å². The Morgan fingerprint density at radius 1 is 1.53 bits per heavy atom. The van der Waals surface area contributed by atoms with Crippen LogP contribution in [0, 0.1) is 0 Å². The molecule has 6 heteroatoms. The van der Waals surface area contributed by atoms with Crippen molar-refractivity contribution in [2.45, 2.75) is 13.1 Å². The van der Waals surface area contributed by atoms with Crippen LogP contribution >= 0.6 is 0 Å². The Balaban J connectivity index is 2.55. The average Bonchev–Trinajstić information content (AvgIpc) is 2.61. The number of nitrogens with zero attached hydrogens (tertiary/aromatic N) is 3. The molecule has 2 rings (SSSR count). The summed E-state index contributed by atoms with van der Waals surface area (Å²) in [5, 5.41) is 9.49. The van der Waals surface area contributed by atoms with Crippen molar-refractivity contribution >= 4 is 17.0 Å². The molecule has 2 aromatic rings. The summed E-state index contributed by atoms with van der Waals surface area (Å²) < 4.78 is 1.55. The zero-order chi connectivity index (χ0) is 10.8. The van der Waals surface area contributed by atoms with Crippen LogP contribution in [0.3, 0.4) is 0 Å². The molecule has 2 aromatic heterocycles. The highest BCUT2D eigenvalue weighted by atomic mass is 16.4. The first kappa shape index (κ1) is 9.60. The smallest absolute Gasteiger partial charge is 0.323 e. The third-order valence-electron chi connectivity index (χ3n) is 2.14. The minimum Gasteiger partial charge on any atom is -0.480 e. The van der Waals surface area contributed by atoms with Crippen LogP contribution in [0.5, 0.6) is 0 Å². The Labute approximate surface area is 85.4 Å². The molecular formula is C9H10N4O2. The molecule has 0 saturated carbocycles. The van der Waals surface area contributed by atoms with Crippen molar-refractivity contribution in [3.63, 3.8) is 0 Å². The molecule has 0 amide bonds. The van der Waals surface area contributed by atoms with Gasteiger partial charge in [0.2, 0.25) is 0 Å². The molecule has 0 saturated heterocycles. The van der Waals surface area contributed by atoms with Crippen LogP contribution in [0.2, 0.25) is 0 Å². The van der Waals surface area contributed by atoms with E-state index in [1.807, 2.05) is 0 Å². The molecule has 6 nitrogen and oxygen atoms in total. The minimum absolute atomic E-state index is 0.107. The SMILES string of the molecule is NCc1ncnc2c1ccn2CC(=O)O. The average molecular weight is 206 g/mol. The normalized spacial score (nSPS) is 10.7. The Kier molecular flexibility index (Phi) is 2.34. The molecule has 0 spiro atoms. The van der Waals surface area contributed by atoms with Gasteiger partial charge in [-0.05, 0) is 6.07 Å². The molecule has 0 aliphatic heterocycles. The van der Waals surface area contributed by atoms with Gasteiger partial charge in [0.05, 0.1) is 5.69 Å². The number of carboxylic acids is 1. The number of carbonyl (C=O) groups is 1. The van der Waals surface area contributed by atoms with Gasteiger partial charge in [0.15, 0.2) is 0 Å². The second-order valence-electron chi connectivity index (χ2n) is 3.10. The summed E-state index contributed by atoms with van der Waals surface area (Å²) in [5.74, 6) is -0.902. The molecule has 15 heavy (non-hydrogen) atoms. The second kappa shape index (κ2) is 3.66. The van der Waals surface area contributed by atoms with E-state index in [1.165, 1.54) is 6.33 Å². The fraction of sp³-hybridized carbons (Fsp3) is 0.222. The summed E-state index contributed by atoms with van der Waals surface area (Å²) in [6.45, 7) is 0.209. The van der Waals surface area contributed by atoms with E-state index in [4.69, 9.17) is 10.8 Å². The number of hydrogen-bond acceptors (Lipinski definition) is 4. The first-order chi connectivity index (χ1) is 7.22. The van der Waals surface area contributed by atoms with Gasteiger partial charge in [-0.3, -0.25) is 4.79 Å². The van der Waals surface area contributed by atoms with Crippen LogP contribution in [-0.2, 0) is 17.9 Å². The Morgan fingerprint density at radius 2 is 2.33 bits per heavy atom. The Hall–Kier alpha value is -1.95. The summed E-state index contributed by atoms with van der Waals surface area (Å²) in [6, 6.07) is 1.78. The van der Waals surface area contributed by atoms with Gasteiger partial charge in [0.25, 0.3) is 0 Å². The van der Waals surface area contributed by atoms with Gasteiger partial charge in [-0.25, -0.2) is 9.97 Å². The van der Waals surface area contributed by atoms with Gasteiger partial charge in [-0.2, -0.15) is 0 Å². The van der Waals surface area contributed by atoms with E-state index in [-0.39, 0.29) is 6.54 Å². The van der Waals surface area contributed by atoms with Crippen LogP contribution in [0.25, 0.3) is 11.0 Å². The van der Waals surface area contributed by atoms with Crippen molar-refractivity contribution < 1.29 is 9.90 Å². The lowest BCUT2D eigenvalue weighted by molar-refractivity contribution is -0.137. The molecule has 0 aromatic carbocycles. The van der Waals surface area contributed by atoms with Crippen LogP contribution in [-0.4, -0.2) is 25.6 Å². The fourth-order valence-electron chi connectivity index (χ4n) is 1.49. The zero-order valence-electron chi connectivity index (χ0n) is 7.92. The maximum absolute atomic E-state index is 10.6. The molecule has 0 radical (unpaired) electrons. The van der Waals surface area contributed by atoms with Crippen LogP contribution < -0.4 is 5.73 Å². The van der Waals surface area contributed by atoms with Gasteiger partial charge in [0, 0.05) is 18.1 Å². The van der Waals surface area contributed by atoms with Crippen LogP contribution in [0.4, 0.5) is 0 Å². The molecule has 0 aliphatic rings. The molecule has 2 heterocycles. The maximum Gasteiger partial charge on any atom is 0.323 e. The highest BCUT2D eigenvalue weighted by Gasteiger charge is 2.08. The van der Waals surface area contributed by atoms with E-state index < -0.39 is 5.97 Å². The number of carboxylic acid groups (broad SMARTS) is 1. The lowest BCUT2D eigenvalue weighted by Gasteiger charge is -2.01. The predicted molar refractivity (Wildman–Crippen MR) is 53.1 cm³/mol. The maximum atomic E-state index is 10.6. The Morgan fingerprint density at radius 3 is 3.00 bits per heavy atom. The fourth-order valence-corrected chi connectivity index (χ4v) is 1.49. The van der Waals surface area contributed by atoms with Crippen molar-refractivity contribution in [2.75, 3.05) is 0 Å². The van der Waals surface area contributed by atoms with Crippen molar-refractivity contribution in [1.29, 1.82) is 0 Å². The standard InChI is InChI=1S/C9H10N4O2/c10-3-7-6-1-2-13(4-8(14)15)9(6)12-5-11-7/h1-2,5H,3-4,10H2,(H,14,15). The molecule has 0 aliphatic carbocycles. The first-order valence-electron chi connectivity index (χ1n) is 4.43. The quantitative estimate of drug-likeness (QED) is 0.735. The molecule has 0 unspecified atom stereocenters. The summed E-state index contributed by atoms with van der Waals surface area (Å²) in [7, 11) is 0. The lowest BCUT2D eigenvalue weighted by Crippen LogP contribution is -2.08. The molecule has 78 valence electrons. The van der Waals surface area contributed by atoms with Gasteiger partial charge in [-0.1, -0.05) is 0 Å². The van der Waals surface area contributed by atoms with E-state index in [0.29, 0.717) is 12.2 Å². The van der Waals surface area contributed by atoms with E-state index >= 15 is 0 Å². The topological polar surface area (TPSA) is 94.0 Å². The van der Waals surface area contributed by atoms with E-state index in [9.17, 15) is 4.79 Å². The predicted octanol–water partition coefficient (Wildman–Crippen LogP) is -0.0254. The van der Waals surface area contributed by atoms with Crippen LogP contribution in [0.15, 0.2) is 18.6 Å². The number of nitrogens with two attached hydrogens (primary N) is 1. The highest BCUT2D eigenvalue weighted by Crippen LogP contribution is 2.15. The number of rotatable bonds is 3. The largest absolute Gasteiger partial charge is 0.480 e. The first-order valence-corrected chi connectivity index (χ1v) is 4.43. The molecule has 3 N–H and O–H groups in total. The van der Waals surface area contributed by atoms with Crippen molar-refractivity contribution in [2.24, 2.45) is 5.73 Å². The van der Waals surface area contributed by atoms with E-state index in [2.05, 4.69) is 9.97 Å². The zero-order valence-corrected chi connectivity index (χ0v) is 7.92. The number of fused-ring (bicyclic) bond motifs is 1. The van der Waals surface area contributed by atoms with E-state index in [0.717, 1.165) is 11.1 Å². The third kappa shape index (κ3) is 1.66. The molecular weight excluding hydrogens is 196 g/mol. The summed E-state index contributed by atoms with van der Waals surface area (Å²) in [5.41, 5.74) is 6.84. The van der Waals surface area contributed by atoms with Crippen molar-refractivity contribution in [3.8, 4) is 0 Å². The van der Waals surface area contributed by atoms with Crippen molar-refractivity contribution in [1.82, 2.24) is 14.5 Å². The van der Waals surface area contributed by atoms with Gasteiger partial charge < -0.3 is 15.4 Å². The summed E-state index contributed by atoms with van der Waals surface area (Å²) in [4.78, 5) is 18.6. The minimum atomic E-state index is -0.902. The van der Waals surface area contributed by atoms with E-state index in [1.54, 1.807) is 16.8 Å². The molecule has 0 atom stereocenters. The number of aliphatic carboxylic acids is 1. The Bertz CT molecular complexity index is 506. The summed E-state index contributed by atoms with van der Waals surface area (Å²) in [6.07, 6.45) is 3.06. The lowest BCUT2D eigenvalue weighted by atomic mass is 10.3. The highest BCUT2D eigenvalue weighted by molar-refractivity contribution is 5.80. The molecule has 0 bridgehead atoms. The molecule has 0 fully saturated rings. The second-order valence-corrected chi connectivity index (χ2v) is 3.10. The number of hydrogen-bond donors (Lipinski definition) is 2. The van der Waals surface area contributed by atoms with Gasteiger partial charge in [0.1, 0.15) is 18.5 Å². The monoisotopic (exact) mass is 206 g/mol. The van der Waals surface area contributed by atoms with Gasteiger partial charge >= 0.3 is 5.97 Å². The number of aromatic nitrogens is 3. The summed E-state index contributed by atoms with van der Waals surface area (Å²) >= 11 is 0. The third-order valence-corrected chi connectivity index (χ3v) is 2.14. The van der Waals surface area contributed by atoms with Crippen LogP contribution in [0.1, 0.15) is 5.69 Å².